The van der Waals surface area contributed by atoms with Gasteiger partial charge in [0.1, 0.15) is 0 Å². The van der Waals surface area contributed by atoms with Crippen LogP contribution in [0.3, 0.4) is 0 Å². The molecule has 0 spiro atoms. The Balaban J connectivity index is 2.57. The highest BCUT2D eigenvalue weighted by molar-refractivity contribution is 8.00. The molecule has 0 bridgehead atoms. The SMILES string of the molecule is CCCCNc1cc(CO)cc(S(N)(=O)=O)c1Sc1ccccc1C. The molecule has 4 N–H and O–H groups in total. The monoisotopic (exact) mass is 380 g/mol. The number of aryl methyl sites for hydroxylation is 1. The number of unbranched alkanes of at least 4 members (excludes halogenated alkanes) is 1. The summed E-state index contributed by atoms with van der Waals surface area (Å²) in [7, 11) is -3.92. The zero-order valence-electron chi connectivity index (χ0n) is 14.5. The zero-order valence-corrected chi connectivity index (χ0v) is 16.1. The second-order valence-corrected chi connectivity index (χ2v) is 8.40. The second-order valence-electron chi connectivity index (χ2n) is 5.82. The van der Waals surface area contributed by atoms with E-state index in [0.29, 0.717) is 16.1 Å². The summed E-state index contributed by atoms with van der Waals surface area (Å²) in [6.07, 6.45) is 1.98. The summed E-state index contributed by atoms with van der Waals surface area (Å²) in [5.74, 6) is 0. The van der Waals surface area contributed by atoms with Crippen molar-refractivity contribution in [1.29, 1.82) is 0 Å². The maximum absolute atomic E-state index is 12.1. The predicted octanol–water partition coefficient (Wildman–Crippen LogP) is 3.50. The van der Waals surface area contributed by atoms with Crippen LogP contribution in [0.2, 0.25) is 0 Å². The molecular weight excluding hydrogens is 356 g/mol. The Labute approximate surface area is 153 Å². The fraction of sp³-hybridized carbons (Fsp3) is 0.333. The summed E-state index contributed by atoms with van der Waals surface area (Å²) in [5.41, 5.74) is 2.24. The molecule has 0 amide bonds. The van der Waals surface area contributed by atoms with Crippen molar-refractivity contribution in [3.63, 3.8) is 0 Å². The van der Waals surface area contributed by atoms with Gasteiger partial charge < -0.3 is 10.4 Å². The van der Waals surface area contributed by atoms with Gasteiger partial charge in [0.15, 0.2) is 0 Å². The van der Waals surface area contributed by atoms with Crippen molar-refractivity contribution >= 4 is 27.5 Å². The third kappa shape index (κ3) is 5.22. The van der Waals surface area contributed by atoms with E-state index in [-0.39, 0.29) is 11.5 Å². The quantitative estimate of drug-likeness (QED) is 0.610. The van der Waals surface area contributed by atoms with Gasteiger partial charge in [-0.15, -0.1) is 0 Å². The van der Waals surface area contributed by atoms with Gasteiger partial charge in [0.05, 0.1) is 16.4 Å². The topological polar surface area (TPSA) is 92.4 Å². The average Bonchev–Trinajstić information content (AvgIpc) is 2.57. The molecule has 0 aromatic heterocycles. The first-order valence-corrected chi connectivity index (χ1v) is 10.5. The van der Waals surface area contributed by atoms with Crippen molar-refractivity contribution in [1.82, 2.24) is 0 Å². The lowest BCUT2D eigenvalue weighted by molar-refractivity contribution is 0.281. The number of aliphatic hydroxyl groups is 1. The van der Waals surface area contributed by atoms with Crippen LogP contribution in [0.4, 0.5) is 5.69 Å². The highest BCUT2D eigenvalue weighted by Gasteiger charge is 2.20. The number of hydrogen-bond acceptors (Lipinski definition) is 5. The molecule has 136 valence electrons. The molecule has 2 aromatic carbocycles. The molecule has 0 aliphatic heterocycles. The molecule has 0 heterocycles. The lowest BCUT2D eigenvalue weighted by atomic mass is 10.2. The number of anilines is 1. The van der Waals surface area contributed by atoms with E-state index >= 15 is 0 Å². The van der Waals surface area contributed by atoms with Crippen molar-refractivity contribution in [3.8, 4) is 0 Å². The van der Waals surface area contributed by atoms with Crippen LogP contribution in [-0.4, -0.2) is 20.1 Å². The van der Waals surface area contributed by atoms with Crippen LogP contribution in [0.5, 0.6) is 0 Å². The third-order valence-electron chi connectivity index (χ3n) is 3.76. The Kier molecular flexibility index (Phi) is 6.89. The van der Waals surface area contributed by atoms with Crippen molar-refractivity contribution in [2.45, 2.75) is 48.0 Å². The summed E-state index contributed by atoms with van der Waals surface area (Å²) in [4.78, 5) is 1.55. The number of nitrogens with two attached hydrogens (primary N) is 1. The highest BCUT2D eigenvalue weighted by Crippen LogP contribution is 2.40. The normalized spacial score (nSPS) is 11.5. The first-order valence-electron chi connectivity index (χ1n) is 8.14. The van der Waals surface area contributed by atoms with Crippen LogP contribution >= 0.6 is 11.8 Å². The number of rotatable bonds is 8. The summed E-state index contributed by atoms with van der Waals surface area (Å²) < 4.78 is 24.3. The summed E-state index contributed by atoms with van der Waals surface area (Å²) >= 11 is 1.37. The van der Waals surface area contributed by atoms with Crippen LogP contribution in [-0.2, 0) is 16.6 Å². The smallest absolute Gasteiger partial charge is 0.239 e. The number of primary sulfonamides is 1. The Morgan fingerprint density at radius 2 is 1.96 bits per heavy atom. The summed E-state index contributed by atoms with van der Waals surface area (Å²) in [6.45, 7) is 4.53. The Hall–Kier alpha value is -1.54. The highest BCUT2D eigenvalue weighted by atomic mass is 32.2. The summed E-state index contributed by atoms with van der Waals surface area (Å²) in [6, 6.07) is 11.0. The number of nitrogens with one attached hydrogen (secondary N) is 1. The maximum atomic E-state index is 12.1. The molecule has 2 aromatic rings. The molecule has 0 atom stereocenters. The first kappa shape index (κ1) is 19.8. The van der Waals surface area contributed by atoms with E-state index in [1.807, 2.05) is 31.2 Å². The van der Waals surface area contributed by atoms with Gasteiger partial charge in [-0.05, 0) is 42.7 Å². The van der Waals surface area contributed by atoms with Crippen molar-refractivity contribution in [2.75, 3.05) is 11.9 Å². The standard InChI is InChI=1S/C18H24N2O3S2/c1-3-4-9-20-15-10-14(12-21)11-17(25(19,22)23)18(15)24-16-8-6-5-7-13(16)2/h5-8,10-11,20-21H,3-4,9,12H2,1-2H3,(H2,19,22,23). The van der Waals surface area contributed by atoms with Gasteiger partial charge in [-0.2, -0.15) is 0 Å². The molecule has 2 rings (SSSR count). The van der Waals surface area contributed by atoms with E-state index in [1.165, 1.54) is 17.8 Å². The van der Waals surface area contributed by atoms with Crippen LogP contribution in [0.25, 0.3) is 0 Å². The average molecular weight is 381 g/mol. The lowest BCUT2D eigenvalue weighted by Crippen LogP contribution is -2.15. The van der Waals surface area contributed by atoms with Crippen molar-refractivity contribution in [2.24, 2.45) is 5.14 Å². The van der Waals surface area contributed by atoms with Crippen LogP contribution in [0, 0.1) is 6.92 Å². The van der Waals surface area contributed by atoms with E-state index < -0.39 is 10.0 Å². The molecule has 0 unspecified atom stereocenters. The third-order valence-corrected chi connectivity index (χ3v) is 6.14. The molecular formula is C18H24N2O3S2. The summed E-state index contributed by atoms with van der Waals surface area (Å²) in [5, 5.41) is 18.2. The molecule has 7 heteroatoms. The Morgan fingerprint density at radius 3 is 2.56 bits per heavy atom. The van der Waals surface area contributed by atoms with Gasteiger partial charge in [0.25, 0.3) is 0 Å². The van der Waals surface area contributed by atoms with Gasteiger partial charge in [-0.1, -0.05) is 43.3 Å². The number of benzene rings is 2. The van der Waals surface area contributed by atoms with E-state index in [2.05, 4.69) is 12.2 Å². The minimum atomic E-state index is -3.92. The Morgan fingerprint density at radius 1 is 1.24 bits per heavy atom. The molecule has 0 fully saturated rings. The molecule has 25 heavy (non-hydrogen) atoms. The van der Waals surface area contributed by atoms with E-state index in [1.54, 1.807) is 6.07 Å². The number of sulfonamides is 1. The van der Waals surface area contributed by atoms with Gasteiger partial charge in [-0.25, -0.2) is 13.6 Å². The Bertz CT molecular complexity index is 836. The second kappa shape index (κ2) is 8.71. The maximum Gasteiger partial charge on any atom is 0.239 e. The van der Waals surface area contributed by atoms with Crippen LogP contribution < -0.4 is 10.5 Å². The molecule has 0 radical (unpaired) electrons. The number of aliphatic hydroxyl groups excluding tert-OH is 1. The predicted molar refractivity (Wildman–Crippen MR) is 102 cm³/mol. The van der Waals surface area contributed by atoms with E-state index in [9.17, 15) is 13.5 Å². The minimum Gasteiger partial charge on any atom is -0.392 e. The molecule has 0 aliphatic rings. The van der Waals surface area contributed by atoms with Crippen LogP contribution in [0.1, 0.15) is 30.9 Å². The van der Waals surface area contributed by atoms with Gasteiger partial charge in [-0.3, -0.25) is 0 Å². The molecule has 0 saturated heterocycles. The van der Waals surface area contributed by atoms with E-state index in [4.69, 9.17) is 5.14 Å². The molecule has 0 aliphatic carbocycles. The molecule has 0 saturated carbocycles. The molecule has 5 nitrogen and oxygen atoms in total. The van der Waals surface area contributed by atoms with Gasteiger partial charge in [0.2, 0.25) is 10.0 Å². The zero-order chi connectivity index (χ0) is 18.4. The van der Waals surface area contributed by atoms with Gasteiger partial charge >= 0.3 is 0 Å². The lowest BCUT2D eigenvalue weighted by Gasteiger charge is -2.17. The minimum absolute atomic E-state index is 0.0336. The fourth-order valence-corrected chi connectivity index (χ4v) is 4.53. The largest absolute Gasteiger partial charge is 0.392 e. The van der Waals surface area contributed by atoms with Gasteiger partial charge in [0, 0.05) is 17.1 Å². The van der Waals surface area contributed by atoms with E-state index in [0.717, 1.165) is 29.8 Å². The fourth-order valence-electron chi connectivity index (χ4n) is 2.38. The number of hydrogen-bond donors (Lipinski definition) is 3. The van der Waals surface area contributed by atoms with Crippen molar-refractivity contribution in [3.05, 3.63) is 47.5 Å². The first-order chi connectivity index (χ1) is 11.9. The van der Waals surface area contributed by atoms with Crippen LogP contribution in [0.15, 0.2) is 51.1 Å². The van der Waals surface area contributed by atoms with Crippen molar-refractivity contribution < 1.29 is 13.5 Å².